The third-order valence-corrected chi connectivity index (χ3v) is 7.51. The lowest BCUT2D eigenvalue weighted by molar-refractivity contribution is 0.613. The quantitative estimate of drug-likeness (QED) is 0.268. The minimum Gasteiger partial charge on any atom is -0.347 e. The number of fused-ring (bicyclic) bond motifs is 1. The van der Waals surface area contributed by atoms with E-state index in [1.807, 2.05) is 24.7 Å². The number of hydrogen-bond acceptors (Lipinski definition) is 5. The Labute approximate surface area is 209 Å². The molecule has 0 saturated carbocycles. The second kappa shape index (κ2) is 9.00. The number of aromatic amines is 2. The largest absolute Gasteiger partial charge is 0.347 e. The van der Waals surface area contributed by atoms with Crippen molar-refractivity contribution < 1.29 is 0 Å². The van der Waals surface area contributed by atoms with Crippen LogP contribution in [0.2, 0.25) is 0 Å². The number of imidazole rings is 2. The van der Waals surface area contributed by atoms with Gasteiger partial charge in [0.25, 0.3) is 0 Å². The van der Waals surface area contributed by atoms with Crippen molar-refractivity contribution in [2.24, 2.45) is 0 Å². The Morgan fingerprint density at radius 1 is 0.667 bits per heavy atom. The summed E-state index contributed by atoms with van der Waals surface area (Å²) in [5, 5.41) is 8.14. The van der Waals surface area contributed by atoms with Crippen molar-refractivity contribution in [2.45, 2.75) is 37.8 Å². The number of nitrogens with one attached hydrogen (secondary N) is 4. The summed E-state index contributed by atoms with van der Waals surface area (Å²) < 4.78 is 0. The molecule has 2 atom stereocenters. The molecule has 2 aromatic carbocycles. The molecule has 2 fully saturated rings. The number of rotatable bonds is 5. The molecule has 3 aromatic heterocycles. The molecule has 2 aliphatic heterocycles. The van der Waals surface area contributed by atoms with Gasteiger partial charge in [-0.05, 0) is 50.4 Å². The molecule has 7 nitrogen and oxygen atoms in total. The van der Waals surface area contributed by atoms with Crippen LogP contribution in [0.3, 0.4) is 0 Å². The van der Waals surface area contributed by atoms with Crippen LogP contribution >= 0.6 is 0 Å². The molecule has 0 amide bonds. The van der Waals surface area contributed by atoms with Gasteiger partial charge in [0.1, 0.15) is 11.6 Å². The van der Waals surface area contributed by atoms with Crippen molar-refractivity contribution in [1.29, 1.82) is 0 Å². The number of aromatic nitrogens is 5. The van der Waals surface area contributed by atoms with E-state index in [0.717, 1.165) is 82.1 Å². The summed E-state index contributed by atoms with van der Waals surface area (Å²) in [6.07, 6.45) is 10.6. The van der Waals surface area contributed by atoms with Gasteiger partial charge in [-0.1, -0.05) is 42.5 Å². The first-order valence-electron chi connectivity index (χ1n) is 12.9. The molecule has 4 N–H and O–H groups in total. The Kier molecular flexibility index (Phi) is 5.37. The van der Waals surface area contributed by atoms with Crippen molar-refractivity contribution in [1.82, 2.24) is 35.6 Å². The highest BCUT2D eigenvalue weighted by Crippen LogP contribution is 2.35. The van der Waals surface area contributed by atoms with Gasteiger partial charge in [-0.25, -0.2) is 9.97 Å². The van der Waals surface area contributed by atoms with Crippen molar-refractivity contribution in [3.8, 4) is 33.6 Å². The summed E-state index contributed by atoms with van der Waals surface area (Å²) in [6.45, 7) is 2.12. The van der Waals surface area contributed by atoms with Gasteiger partial charge in [-0.3, -0.25) is 4.98 Å². The maximum absolute atomic E-state index is 4.93. The van der Waals surface area contributed by atoms with Gasteiger partial charge in [0.05, 0.1) is 29.0 Å². The van der Waals surface area contributed by atoms with Gasteiger partial charge >= 0.3 is 0 Å². The smallest absolute Gasteiger partial charge is 0.124 e. The molecule has 0 aliphatic carbocycles. The van der Waals surface area contributed by atoms with Crippen molar-refractivity contribution in [3.05, 3.63) is 78.8 Å². The number of hydrogen-bond donors (Lipinski definition) is 4. The minimum atomic E-state index is 0.320. The lowest BCUT2D eigenvalue weighted by Crippen LogP contribution is -2.14. The van der Waals surface area contributed by atoms with Gasteiger partial charge in [0.15, 0.2) is 0 Å². The van der Waals surface area contributed by atoms with E-state index in [1.54, 1.807) is 0 Å². The molecular formula is C29H29N7. The average Bonchev–Trinajstić information content (AvgIpc) is 3.75. The van der Waals surface area contributed by atoms with E-state index < -0.39 is 0 Å². The third kappa shape index (κ3) is 3.81. The topological polar surface area (TPSA) is 94.3 Å². The first-order valence-corrected chi connectivity index (χ1v) is 12.9. The Morgan fingerprint density at radius 3 is 2.00 bits per heavy atom. The van der Waals surface area contributed by atoms with E-state index in [1.165, 1.54) is 12.8 Å². The summed E-state index contributed by atoms with van der Waals surface area (Å²) in [4.78, 5) is 21.3. The molecule has 0 radical (unpaired) electrons. The highest BCUT2D eigenvalue weighted by molar-refractivity contribution is 6.02. The van der Waals surface area contributed by atoms with Crippen LogP contribution in [0.1, 0.15) is 49.4 Å². The second-order valence-electron chi connectivity index (χ2n) is 9.78. The molecule has 0 bridgehead atoms. The van der Waals surface area contributed by atoms with E-state index in [4.69, 9.17) is 15.0 Å². The van der Waals surface area contributed by atoms with Crippen LogP contribution in [-0.4, -0.2) is 38.0 Å². The first-order chi connectivity index (χ1) is 17.8. The van der Waals surface area contributed by atoms with Crippen LogP contribution < -0.4 is 10.6 Å². The Balaban J connectivity index is 1.21. The standard InChI is InChI=1S/C29H29N7/c1-4-22-21(26-17-34-29(36-26)24-6-3-14-31-24)12-11-20(27(22)32-15-1)18-7-9-19(10-8-18)25-16-33-28(35-25)23-5-2-13-30-23/h1,4,7-12,15-17,23-24,30-31H,2-3,5-6,13-14H2,(H,33,35)(H,34,36)/t23-,24-/m0/s1. The monoisotopic (exact) mass is 475 g/mol. The predicted molar refractivity (Wildman–Crippen MR) is 142 cm³/mol. The van der Waals surface area contributed by atoms with Gasteiger partial charge in [-0.15, -0.1) is 0 Å². The average molecular weight is 476 g/mol. The fourth-order valence-corrected chi connectivity index (χ4v) is 5.60. The fraction of sp³-hybridized carbons (Fsp3) is 0.276. The Bertz CT molecular complexity index is 1500. The second-order valence-corrected chi connectivity index (χ2v) is 9.78. The summed E-state index contributed by atoms with van der Waals surface area (Å²) >= 11 is 0. The zero-order valence-corrected chi connectivity index (χ0v) is 20.1. The molecule has 7 rings (SSSR count). The van der Waals surface area contributed by atoms with Crippen LogP contribution in [0, 0.1) is 0 Å². The zero-order valence-electron chi connectivity index (χ0n) is 20.1. The molecule has 0 spiro atoms. The van der Waals surface area contributed by atoms with Crippen LogP contribution in [-0.2, 0) is 0 Å². The predicted octanol–water partition coefficient (Wildman–Crippen LogP) is 5.53. The van der Waals surface area contributed by atoms with E-state index in [0.29, 0.717) is 12.1 Å². The number of benzene rings is 2. The summed E-state index contributed by atoms with van der Waals surface area (Å²) in [5.74, 6) is 2.05. The van der Waals surface area contributed by atoms with Gasteiger partial charge in [0.2, 0.25) is 0 Å². The molecular weight excluding hydrogens is 446 g/mol. The highest BCUT2D eigenvalue weighted by Gasteiger charge is 2.21. The minimum absolute atomic E-state index is 0.320. The highest BCUT2D eigenvalue weighted by atomic mass is 15.0. The van der Waals surface area contributed by atoms with Crippen molar-refractivity contribution in [3.63, 3.8) is 0 Å². The zero-order chi connectivity index (χ0) is 23.9. The summed E-state index contributed by atoms with van der Waals surface area (Å²) in [5.41, 5.74) is 7.40. The fourth-order valence-electron chi connectivity index (χ4n) is 5.60. The van der Waals surface area contributed by atoms with Crippen LogP contribution in [0.15, 0.2) is 67.1 Å². The van der Waals surface area contributed by atoms with E-state index in [2.05, 4.69) is 63.1 Å². The van der Waals surface area contributed by atoms with E-state index >= 15 is 0 Å². The SMILES string of the molecule is c1cnc2c(-c3ccc(-c4c[nH]c([C@@H]5CCCN5)n4)cc3)ccc(-c3c[nH]c([C@@H]4CCCN4)n3)c2c1. The normalized spacial score (nSPS) is 19.9. The number of pyridine rings is 1. The van der Waals surface area contributed by atoms with Crippen molar-refractivity contribution >= 4 is 10.9 Å². The molecule has 7 heteroatoms. The van der Waals surface area contributed by atoms with Gasteiger partial charge in [-0.2, -0.15) is 0 Å². The molecule has 36 heavy (non-hydrogen) atoms. The molecule has 180 valence electrons. The third-order valence-electron chi connectivity index (χ3n) is 7.51. The molecule has 2 saturated heterocycles. The molecule has 2 aliphatic rings. The lowest BCUT2D eigenvalue weighted by atomic mass is 9.96. The molecule has 0 unspecified atom stereocenters. The maximum atomic E-state index is 4.93. The number of H-pyrrole nitrogens is 2. The van der Waals surface area contributed by atoms with Crippen LogP contribution in [0.4, 0.5) is 0 Å². The van der Waals surface area contributed by atoms with E-state index in [-0.39, 0.29) is 0 Å². The summed E-state index contributed by atoms with van der Waals surface area (Å²) in [7, 11) is 0. The molecule has 5 heterocycles. The Hall–Kier alpha value is -3.81. The first kappa shape index (κ1) is 21.5. The van der Waals surface area contributed by atoms with Crippen LogP contribution in [0.5, 0.6) is 0 Å². The van der Waals surface area contributed by atoms with Crippen LogP contribution in [0.25, 0.3) is 44.5 Å². The van der Waals surface area contributed by atoms with Crippen molar-refractivity contribution in [2.75, 3.05) is 13.1 Å². The van der Waals surface area contributed by atoms with Gasteiger partial charge < -0.3 is 20.6 Å². The lowest BCUT2D eigenvalue weighted by Gasteiger charge is -2.10. The number of nitrogens with zero attached hydrogens (tertiary/aromatic N) is 3. The maximum Gasteiger partial charge on any atom is 0.124 e. The summed E-state index contributed by atoms with van der Waals surface area (Å²) in [6, 6.07) is 17.8. The van der Waals surface area contributed by atoms with Gasteiger partial charge in [0, 0.05) is 40.7 Å². The molecule has 5 aromatic rings. The Morgan fingerprint density at radius 2 is 1.31 bits per heavy atom. The van der Waals surface area contributed by atoms with E-state index in [9.17, 15) is 0 Å².